The van der Waals surface area contributed by atoms with Crippen molar-refractivity contribution >= 4 is 5.91 Å². The summed E-state index contributed by atoms with van der Waals surface area (Å²) in [5.41, 5.74) is 0. The summed E-state index contributed by atoms with van der Waals surface area (Å²) in [6.07, 6.45) is -9.64. The highest BCUT2D eigenvalue weighted by molar-refractivity contribution is 5.82. The second-order valence-corrected chi connectivity index (χ2v) is 4.24. The van der Waals surface area contributed by atoms with E-state index in [1.807, 2.05) is 0 Å². The molecule has 3 nitrogen and oxygen atoms in total. The number of nitrogens with one attached hydrogen (secondary N) is 2. The van der Waals surface area contributed by atoms with Crippen LogP contribution in [0.15, 0.2) is 0 Å². The van der Waals surface area contributed by atoms with Crippen molar-refractivity contribution in [2.24, 2.45) is 5.92 Å². The SMILES string of the molecule is C[C@@H]1CCN[C@H](C(F)(F)F)[C@@H]1NC(=O)C(F)(F)F. The number of rotatable bonds is 1. The minimum Gasteiger partial charge on any atom is -0.343 e. The molecule has 1 fully saturated rings. The van der Waals surface area contributed by atoms with Crippen LogP contribution in [0.25, 0.3) is 0 Å². The van der Waals surface area contributed by atoms with Gasteiger partial charge in [-0.25, -0.2) is 0 Å². The molecule has 0 aliphatic carbocycles. The maximum absolute atomic E-state index is 12.6. The average molecular weight is 278 g/mol. The van der Waals surface area contributed by atoms with Crippen LogP contribution in [0, 0.1) is 5.92 Å². The fourth-order valence-electron chi connectivity index (χ4n) is 1.88. The first-order chi connectivity index (χ1) is 8.03. The maximum atomic E-state index is 12.6. The first-order valence-corrected chi connectivity index (χ1v) is 5.21. The Balaban J connectivity index is 2.83. The second-order valence-electron chi connectivity index (χ2n) is 4.24. The molecule has 0 bridgehead atoms. The topological polar surface area (TPSA) is 41.1 Å². The van der Waals surface area contributed by atoms with E-state index in [2.05, 4.69) is 5.32 Å². The summed E-state index contributed by atoms with van der Waals surface area (Å²) in [5, 5.41) is 3.51. The third-order valence-electron chi connectivity index (χ3n) is 2.84. The highest BCUT2D eigenvalue weighted by Gasteiger charge is 2.50. The smallest absolute Gasteiger partial charge is 0.343 e. The van der Waals surface area contributed by atoms with E-state index in [1.54, 1.807) is 0 Å². The van der Waals surface area contributed by atoms with Crippen molar-refractivity contribution in [2.45, 2.75) is 37.8 Å². The van der Waals surface area contributed by atoms with Crippen molar-refractivity contribution in [3.8, 4) is 0 Å². The molecule has 0 aromatic heterocycles. The van der Waals surface area contributed by atoms with E-state index in [0.29, 0.717) is 0 Å². The van der Waals surface area contributed by atoms with Gasteiger partial charge in [0.05, 0.1) is 6.04 Å². The zero-order valence-corrected chi connectivity index (χ0v) is 9.32. The van der Waals surface area contributed by atoms with Gasteiger partial charge in [0.25, 0.3) is 0 Å². The molecule has 1 saturated heterocycles. The van der Waals surface area contributed by atoms with Gasteiger partial charge >= 0.3 is 18.3 Å². The summed E-state index contributed by atoms with van der Waals surface area (Å²) >= 11 is 0. The molecule has 9 heteroatoms. The Bertz CT molecular complexity index is 313. The van der Waals surface area contributed by atoms with E-state index in [0.717, 1.165) is 0 Å². The van der Waals surface area contributed by atoms with Gasteiger partial charge in [0, 0.05) is 0 Å². The monoisotopic (exact) mass is 278 g/mol. The Morgan fingerprint density at radius 1 is 1.22 bits per heavy atom. The first kappa shape index (κ1) is 15.1. The van der Waals surface area contributed by atoms with E-state index in [-0.39, 0.29) is 13.0 Å². The van der Waals surface area contributed by atoms with Crippen LogP contribution in [0.1, 0.15) is 13.3 Å². The van der Waals surface area contributed by atoms with E-state index in [4.69, 9.17) is 0 Å². The zero-order valence-electron chi connectivity index (χ0n) is 9.32. The van der Waals surface area contributed by atoms with Crippen molar-refractivity contribution < 1.29 is 31.1 Å². The summed E-state index contributed by atoms with van der Waals surface area (Å²) in [5.74, 6) is -3.04. The Labute approximate surface area is 98.9 Å². The predicted octanol–water partition coefficient (Wildman–Crippen LogP) is 1.59. The molecule has 1 aliphatic heterocycles. The lowest BCUT2D eigenvalue weighted by Crippen LogP contribution is -2.64. The van der Waals surface area contributed by atoms with E-state index >= 15 is 0 Å². The quantitative estimate of drug-likeness (QED) is 0.715. The highest BCUT2D eigenvalue weighted by atomic mass is 19.4. The number of alkyl halides is 6. The van der Waals surface area contributed by atoms with Crippen molar-refractivity contribution in [1.82, 2.24) is 10.6 Å². The van der Waals surface area contributed by atoms with Crippen LogP contribution < -0.4 is 10.6 Å². The molecule has 0 aromatic rings. The number of halogens is 6. The second kappa shape index (κ2) is 4.94. The highest BCUT2D eigenvalue weighted by Crippen LogP contribution is 2.30. The van der Waals surface area contributed by atoms with Crippen LogP contribution in [0.4, 0.5) is 26.3 Å². The van der Waals surface area contributed by atoms with Crippen molar-refractivity contribution in [1.29, 1.82) is 0 Å². The fraction of sp³-hybridized carbons (Fsp3) is 0.889. The van der Waals surface area contributed by atoms with Gasteiger partial charge in [-0.1, -0.05) is 6.92 Å². The molecule has 1 amide bonds. The van der Waals surface area contributed by atoms with Crippen LogP contribution >= 0.6 is 0 Å². The number of carbonyl (C=O) groups excluding carboxylic acids is 1. The molecule has 1 aliphatic rings. The lowest BCUT2D eigenvalue weighted by atomic mass is 9.88. The Morgan fingerprint density at radius 2 is 1.78 bits per heavy atom. The van der Waals surface area contributed by atoms with Gasteiger partial charge in [0.1, 0.15) is 6.04 Å². The summed E-state index contributed by atoms with van der Waals surface area (Å²) in [4.78, 5) is 10.7. The normalized spacial score (nSPS) is 30.1. The molecule has 0 radical (unpaired) electrons. The minimum atomic E-state index is -5.19. The van der Waals surface area contributed by atoms with Gasteiger partial charge in [-0.2, -0.15) is 26.3 Å². The van der Waals surface area contributed by atoms with Crippen LogP contribution in [0.3, 0.4) is 0 Å². The van der Waals surface area contributed by atoms with Crippen LogP contribution in [0.2, 0.25) is 0 Å². The van der Waals surface area contributed by atoms with E-state index in [9.17, 15) is 31.1 Å². The zero-order chi connectivity index (χ0) is 14.1. The maximum Gasteiger partial charge on any atom is 0.471 e. The van der Waals surface area contributed by atoms with Gasteiger partial charge in [0.2, 0.25) is 0 Å². The molecule has 2 N–H and O–H groups in total. The lowest BCUT2D eigenvalue weighted by molar-refractivity contribution is -0.184. The van der Waals surface area contributed by atoms with E-state index < -0.39 is 36.3 Å². The number of piperidine rings is 1. The summed E-state index contributed by atoms with van der Waals surface area (Å²) in [6.45, 7) is 1.42. The van der Waals surface area contributed by atoms with Gasteiger partial charge in [-0.3, -0.25) is 4.79 Å². The summed E-state index contributed by atoms with van der Waals surface area (Å²) in [7, 11) is 0. The Hall–Kier alpha value is -0.990. The first-order valence-electron chi connectivity index (χ1n) is 5.21. The molecule has 18 heavy (non-hydrogen) atoms. The minimum absolute atomic E-state index is 0.0454. The fourth-order valence-corrected chi connectivity index (χ4v) is 1.88. The van der Waals surface area contributed by atoms with E-state index in [1.165, 1.54) is 12.2 Å². The third kappa shape index (κ3) is 3.50. The largest absolute Gasteiger partial charge is 0.471 e. The van der Waals surface area contributed by atoms with Crippen LogP contribution in [-0.4, -0.2) is 36.9 Å². The summed E-state index contributed by atoms with van der Waals surface area (Å²) in [6, 6.07) is -3.78. The van der Waals surface area contributed by atoms with Crippen molar-refractivity contribution in [2.75, 3.05) is 6.54 Å². The number of hydrogen-bond donors (Lipinski definition) is 2. The van der Waals surface area contributed by atoms with Gasteiger partial charge in [-0.05, 0) is 18.9 Å². The Morgan fingerprint density at radius 3 is 2.22 bits per heavy atom. The number of amides is 1. The van der Waals surface area contributed by atoms with Crippen LogP contribution in [-0.2, 0) is 4.79 Å². The molecule has 3 atom stereocenters. The molecular formula is C9H12F6N2O. The molecule has 106 valence electrons. The summed E-state index contributed by atoms with van der Waals surface area (Å²) < 4.78 is 74.0. The number of carbonyl (C=O) groups is 1. The molecule has 0 spiro atoms. The molecule has 1 rings (SSSR count). The van der Waals surface area contributed by atoms with Crippen LogP contribution in [0.5, 0.6) is 0 Å². The molecule has 0 unspecified atom stereocenters. The van der Waals surface area contributed by atoms with Crippen molar-refractivity contribution in [3.05, 3.63) is 0 Å². The average Bonchev–Trinajstić information content (AvgIpc) is 2.17. The van der Waals surface area contributed by atoms with Gasteiger partial charge < -0.3 is 10.6 Å². The predicted molar refractivity (Wildman–Crippen MR) is 49.6 cm³/mol. The standard InChI is InChI=1S/C9H12F6N2O/c1-4-2-3-16-6(8(10,11)12)5(4)17-7(18)9(13,14)15/h4-6,16H,2-3H2,1H3,(H,17,18)/t4-,5-,6+/m1/s1. The number of hydrogen-bond acceptors (Lipinski definition) is 2. The lowest BCUT2D eigenvalue weighted by Gasteiger charge is -2.38. The molecule has 1 heterocycles. The van der Waals surface area contributed by atoms with Gasteiger partial charge in [-0.15, -0.1) is 0 Å². The molecule has 0 aromatic carbocycles. The van der Waals surface area contributed by atoms with Gasteiger partial charge in [0.15, 0.2) is 0 Å². The van der Waals surface area contributed by atoms with Crippen molar-refractivity contribution in [3.63, 3.8) is 0 Å². The Kier molecular flexibility index (Phi) is 4.14. The molecular weight excluding hydrogens is 266 g/mol. The molecule has 0 saturated carbocycles. The third-order valence-corrected chi connectivity index (χ3v) is 2.84.